The van der Waals surface area contributed by atoms with E-state index >= 15 is 0 Å². The molecule has 1 N–H and O–H groups in total. The van der Waals surface area contributed by atoms with Gasteiger partial charge in [-0.2, -0.15) is 0 Å². The molecular formula is C16H21N3O5S. The van der Waals surface area contributed by atoms with Crippen molar-refractivity contribution in [2.45, 2.75) is 20.3 Å². The van der Waals surface area contributed by atoms with Crippen LogP contribution in [0.4, 0.5) is 0 Å². The Morgan fingerprint density at radius 2 is 2.24 bits per heavy atom. The number of aliphatic carboxylic acids is 1. The van der Waals surface area contributed by atoms with Crippen LogP contribution in [-0.4, -0.2) is 57.6 Å². The molecule has 136 valence electrons. The third-order valence-corrected chi connectivity index (χ3v) is 4.47. The number of carboxylic acids is 1. The molecule has 0 radical (unpaired) electrons. The molecule has 0 fully saturated rings. The molecule has 8 nitrogen and oxygen atoms in total. The van der Waals surface area contributed by atoms with Crippen LogP contribution < -0.4 is 5.56 Å². The van der Waals surface area contributed by atoms with Crippen molar-refractivity contribution >= 4 is 28.2 Å². The molecular weight excluding hydrogens is 346 g/mol. The minimum atomic E-state index is -0.995. The van der Waals surface area contributed by atoms with E-state index in [0.29, 0.717) is 31.1 Å². The molecule has 25 heavy (non-hydrogen) atoms. The first kappa shape index (κ1) is 19.1. The van der Waals surface area contributed by atoms with Gasteiger partial charge in [0, 0.05) is 44.1 Å². The van der Waals surface area contributed by atoms with E-state index in [1.807, 2.05) is 6.92 Å². The van der Waals surface area contributed by atoms with Crippen molar-refractivity contribution in [1.29, 1.82) is 0 Å². The lowest BCUT2D eigenvalue weighted by atomic mass is 10.1. The molecule has 1 atom stereocenters. The number of aromatic nitrogens is 2. The third kappa shape index (κ3) is 4.64. The average Bonchev–Trinajstić information content (AvgIpc) is 3.06. The smallest absolute Gasteiger partial charge is 0.308 e. The van der Waals surface area contributed by atoms with Crippen LogP contribution in [0.1, 0.15) is 30.6 Å². The second-order valence-electron chi connectivity index (χ2n) is 5.57. The lowest BCUT2D eigenvalue weighted by molar-refractivity contribution is -0.141. The van der Waals surface area contributed by atoms with E-state index in [1.165, 1.54) is 33.8 Å². The molecule has 9 heteroatoms. The van der Waals surface area contributed by atoms with Gasteiger partial charge in [-0.05, 0) is 13.3 Å². The molecule has 0 aliphatic heterocycles. The van der Waals surface area contributed by atoms with Crippen LogP contribution >= 0.6 is 11.3 Å². The van der Waals surface area contributed by atoms with Gasteiger partial charge in [0.1, 0.15) is 5.56 Å². The Hall–Kier alpha value is -2.26. The highest BCUT2D eigenvalue weighted by Gasteiger charge is 2.24. The molecule has 2 aromatic heterocycles. The van der Waals surface area contributed by atoms with E-state index in [-0.39, 0.29) is 12.1 Å². The molecule has 0 spiro atoms. The Balaban J connectivity index is 2.23. The number of carbonyl (C=O) groups is 2. The first-order valence-corrected chi connectivity index (χ1v) is 8.88. The fraction of sp³-hybridized carbons (Fsp3) is 0.500. The molecule has 0 aliphatic rings. The lowest BCUT2D eigenvalue weighted by Gasteiger charge is -2.24. The fourth-order valence-corrected chi connectivity index (χ4v) is 3.00. The molecule has 1 amide bonds. The van der Waals surface area contributed by atoms with Crippen molar-refractivity contribution in [2.75, 3.05) is 26.3 Å². The second-order valence-corrected chi connectivity index (χ2v) is 6.45. The molecule has 0 bridgehead atoms. The predicted molar refractivity (Wildman–Crippen MR) is 93.2 cm³/mol. The van der Waals surface area contributed by atoms with Crippen LogP contribution in [0, 0.1) is 5.92 Å². The first-order valence-electron chi connectivity index (χ1n) is 8.00. The normalized spacial score (nSPS) is 12.2. The van der Waals surface area contributed by atoms with Gasteiger partial charge in [0.15, 0.2) is 4.96 Å². The van der Waals surface area contributed by atoms with Gasteiger partial charge in [0.05, 0.1) is 5.92 Å². The summed E-state index contributed by atoms with van der Waals surface area (Å²) in [5.74, 6) is -2.25. The average molecular weight is 367 g/mol. The SMILES string of the molecule is CCOCCCN(CC(C)C(=O)O)C(=O)c1cnc2sccn2c1=O. The van der Waals surface area contributed by atoms with E-state index in [1.54, 1.807) is 11.6 Å². The van der Waals surface area contributed by atoms with Crippen molar-refractivity contribution in [2.24, 2.45) is 5.92 Å². The van der Waals surface area contributed by atoms with Crippen LogP contribution in [0.2, 0.25) is 0 Å². The molecule has 0 aromatic carbocycles. The van der Waals surface area contributed by atoms with Gasteiger partial charge in [-0.3, -0.25) is 18.8 Å². The van der Waals surface area contributed by atoms with Gasteiger partial charge in [0.25, 0.3) is 11.5 Å². The monoisotopic (exact) mass is 367 g/mol. The third-order valence-electron chi connectivity index (χ3n) is 3.70. The number of ether oxygens (including phenoxy) is 1. The maximum Gasteiger partial charge on any atom is 0.308 e. The first-order chi connectivity index (χ1) is 12.0. The second kappa shape index (κ2) is 8.72. The number of fused-ring (bicyclic) bond motifs is 1. The highest BCUT2D eigenvalue weighted by molar-refractivity contribution is 7.15. The van der Waals surface area contributed by atoms with Gasteiger partial charge in [-0.15, -0.1) is 11.3 Å². The number of thiazole rings is 1. The molecule has 2 heterocycles. The number of nitrogens with zero attached hydrogens (tertiary/aromatic N) is 3. The lowest BCUT2D eigenvalue weighted by Crippen LogP contribution is -2.40. The maximum atomic E-state index is 12.8. The summed E-state index contributed by atoms with van der Waals surface area (Å²) in [7, 11) is 0. The summed E-state index contributed by atoms with van der Waals surface area (Å²) in [5, 5.41) is 10.8. The van der Waals surface area contributed by atoms with Gasteiger partial charge in [-0.1, -0.05) is 6.92 Å². The molecule has 0 saturated heterocycles. The van der Waals surface area contributed by atoms with Gasteiger partial charge >= 0.3 is 5.97 Å². The molecule has 1 unspecified atom stereocenters. The highest BCUT2D eigenvalue weighted by Crippen LogP contribution is 2.09. The zero-order valence-corrected chi connectivity index (χ0v) is 15.0. The Morgan fingerprint density at radius 1 is 1.48 bits per heavy atom. The number of hydrogen-bond donors (Lipinski definition) is 1. The summed E-state index contributed by atoms with van der Waals surface area (Å²) < 4.78 is 6.58. The largest absolute Gasteiger partial charge is 0.481 e. The van der Waals surface area contributed by atoms with E-state index in [4.69, 9.17) is 9.84 Å². The Kier molecular flexibility index (Phi) is 6.65. The molecule has 0 aliphatic carbocycles. The summed E-state index contributed by atoms with van der Waals surface area (Å²) in [6, 6.07) is 0. The maximum absolute atomic E-state index is 12.8. The van der Waals surface area contributed by atoms with Gasteiger partial charge in [0.2, 0.25) is 0 Å². The summed E-state index contributed by atoms with van der Waals surface area (Å²) in [6.07, 6.45) is 3.38. The Morgan fingerprint density at radius 3 is 2.92 bits per heavy atom. The topological polar surface area (TPSA) is 101 Å². The number of carbonyl (C=O) groups excluding carboxylic acids is 1. The van der Waals surface area contributed by atoms with Crippen molar-refractivity contribution < 1.29 is 19.4 Å². The Bertz CT molecular complexity index is 800. The minimum absolute atomic E-state index is 0.0199. The summed E-state index contributed by atoms with van der Waals surface area (Å²) >= 11 is 1.30. The number of hydrogen-bond acceptors (Lipinski definition) is 6. The standard InChI is InChI=1S/C16H21N3O5S/c1-3-24-7-4-5-18(10-11(2)15(22)23)13(20)12-9-17-16-19(14(12)21)6-8-25-16/h6,8-9,11H,3-5,7,10H2,1-2H3,(H,22,23). The van der Waals surface area contributed by atoms with E-state index in [9.17, 15) is 14.4 Å². The summed E-state index contributed by atoms with van der Waals surface area (Å²) in [4.78, 5) is 42.4. The van der Waals surface area contributed by atoms with Crippen molar-refractivity contribution in [3.8, 4) is 0 Å². The van der Waals surface area contributed by atoms with Crippen molar-refractivity contribution in [3.63, 3.8) is 0 Å². The van der Waals surface area contributed by atoms with Crippen LogP contribution in [-0.2, 0) is 9.53 Å². The Labute approximate surface area is 148 Å². The zero-order chi connectivity index (χ0) is 18.4. The fourth-order valence-electron chi connectivity index (χ4n) is 2.33. The van der Waals surface area contributed by atoms with Crippen molar-refractivity contribution in [3.05, 3.63) is 33.7 Å². The molecule has 2 aromatic rings. The predicted octanol–water partition coefficient (Wildman–Crippen LogP) is 1.35. The van der Waals surface area contributed by atoms with Crippen LogP contribution in [0.3, 0.4) is 0 Å². The van der Waals surface area contributed by atoms with Gasteiger partial charge < -0.3 is 14.7 Å². The summed E-state index contributed by atoms with van der Waals surface area (Å²) in [6.45, 7) is 4.76. The zero-order valence-electron chi connectivity index (χ0n) is 14.2. The number of rotatable bonds is 9. The van der Waals surface area contributed by atoms with Crippen molar-refractivity contribution in [1.82, 2.24) is 14.3 Å². The van der Waals surface area contributed by atoms with Crippen LogP contribution in [0.5, 0.6) is 0 Å². The van der Waals surface area contributed by atoms with Crippen LogP contribution in [0.15, 0.2) is 22.6 Å². The quantitative estimate of drug-likeness (QED) is 0.671. The van der Waals surface area contributed by atoms with E-state index < -0.39 is 23.4 Å². The summed E-state index contributed by atoms with van der Waals surface area (Å²) in [5.41, 5.74) is -0.515. The number of amides is 1. The van der Waals surface area contributed by atoms with Gasteiger partial charge in [-0.25, -0.2) is 4.98 Å². The molecule has 0 saturated carbocycles. The van der Waals surface area contributed by atoms with E-state index in [2.05, 4.69) is 4.98 Å². The van der Waals surface area contributed by atoms with E-state index in [0.717, 1.165) is 0 Å². The minimum Gasteiger partial charge on any atom is -0.481 e. The van der Waals surface area contributed by atoms with Crippen LogP contribution in [0.25, 0.3) is 4.96 Å². The number of carboxylic acid groups (broad SMARTS) is 1. The highest BCUT2D eigenvalue weighted by atomic mass is 32.1. The molecule has 2 rings (SSSR count).